The van der Waals surface area contributed by atoms with Crippen LogP contribution in [0.4, 0.5) is 0 Å². The van der Waals surface area contributed by atoms with Gasteiger partial charge in [0.25, 0.3) is 0 Å². The molecule has 1 aliphatic heterocycles. The van der Waals surface area contributed by atoms with Crippen molar-refractivity contribution in [1.82, 2.24) is 5.32 Å². The molecule has 0 spiro atoms. The molecule has 0 radical (unpaired) electrons. The number of sulfone groups is 1. The van der Waals surface area contributed by atoms with Gasteiger partial charge in [-0.15, -0.1) is 0 Å². The van der Waals surface area contributed by atoms with Crippen LogP contribution < -0.4 is 5.32 Å². The number of aliphatic hydroxyl groups is 1. The molecule has 100 valence electrons. The van der Waals surface area contributed by atoms with Crippen LogP contribution in [-0.2, 0) is 9.84 Å². The lowest BCUT2D eigenvalue weighted by Gasteiger charge is -2.21. The highest BCUT2D eigenvalue weighted by Gasteiger charge is 2.36. The third-order valence-electron chi connectivity index (χ3n) is 3.14. The maximum Gasteiger partial charge on any atom is 0.154 e. The number of hydrogen-bond acceptors (Lipinski definition) is 4. The van der Waals surface area contributed by atoms with Crippen molar-refractivity contribution in [2.45, 2.75) is 25.1 Å². The largest absolute Gasteiger partial charge is 0.390 e. The van der Waals surface area contributed by atoms with Crippen LogP contribution in [0.3, 0.4) is 0 Å². The van der Waals surface area contributed by atoms with E-state index in [1.807, 2.05) is 31.2 Å². The lowest BCUT2D eigenvalue weighted by Crippen LogP contribution is -2.40. The first-order chi connectivity index (χ1) is 8.37. The standard InChI is InChI=1S/C12H16BrNO3S/c1-8(9-3-2-4-10(13)5-9)14-11-6-18(16,17)7-12(11)15/h2-5,8,11-12,14-15H,6-7H2,1H3. The van der Waals surface area contributed by atoms with Gasteiger partial charge in [0.15, 0.2) is 9.84 Å². The summed E-state index contributed by atoms with van der Waals surface area (Å²) in [5.74, 6) is -0.137. The Morgan fingerprint density at radius 1 is 1.44 bits per heavy atom. The predicted octanol–water partition coefficient (Wildman–Crippen LogP) is 1.26. The lowest BCUT2D eigenvalue weighted by atomic mass is 10.1. The van der Waals surface area contributed by atoms with Gasteiger partial charge < -0.3 is 10.4 Å². The number of nitrogens with one attached hydrogen (secondary N) is 1. The van der Waals surface area contributed by atoms with E-state index in [2.05, 4.69) is 21.2 Å². The van der Waals surface area contributed by atoms with Crippen LogP contribution in [0.25, 0.3) is 0 Å². The second-order valence-electron chi connectivity index (χ2n) is 4.69. The zero-order valence-corrected chi connectivity index (χ0v) is 12.4. The van der Waals surface area contributed by atoms with E-state index in [1.54, 1.807) is 0 Å². The maximum absolute atomic E-state index is 11.4. The molecule has 1 heterocycles. The molecular weight excluding hydrogens is 318 g/mol. The highest BCUT2D eigenvalue weighted by molar-refractivity contribution is 9.10. The molecule has 0 bridgehead atoms. The Hall–Kier alpha value is -0.430. The summed E-state index contributed by atoms with van der Waals surface area (Å²) < 4.78 is 23.8. The number of aliphatic hydroxyl groups excluding tert-OH is 1. The normalized spacial score (nSPS) is 28.2. The Bertz CT molecular complexity index is 532. The molecule has 6 heteroatoms. The van der Waals surface area contributed by atoms with Gasteiger partial charge in [0.05, 0.1) is 17.6 Å². The topological polar surface area (TPSA) is 66.4 Å². The van der Waals surface area contributed by atoms with Crippen LogP contribution >= 0.6 is 15.9 Å². The maximum atomic E-state index is 11.4. The van der Waals surface area contributed by atoms with E-state index in [9.17, 15) is 13.5 Å². The van der Waals surface area contributed by atoms with Crippen molar-refractivity contribution >= 4 is 25.8 Å². The van der Waals surface area contributed by atoms with Crippen LogP contribution in [0.2, 0.25) is 0 Å². The Balaban J connectivity index is 2.06. The summed E-state index contributed by atoms with van der Waals surface area (Å²) in [7, 11) is -3.10. The summed E-state index contributed by atoms with van der Waals surface area (Å²) in [5, 5.41) is 12.9. The first-order valence-electron chi connectivity index (χ1n) is 5.77. The number of halogens is 1. The van der Waals surface area contributed by atoms with Gasteiger partial charge in [-0.2, -0.15) is 0 Å². The summed E-state index contributed by atoms with van der Waals surface area (Å²) in [4.78, 5) is 0. The van der Waals surface area contributed by atoms with Gasteiger partial charge in [-0.05, 0) is 24.6 Å². The van der Waals surface area contributed by atoms with Crippen LogP contribution in [-0.4, -0.2) is 37.2 Å². The molecule has 0 aliphatic carbocycles. The van der Waals surface area contributed by atoms with Gasteiger partial charge in [0, 0.05) is 16.6 Å². The molecule has 0 saturated carbocycles. The summed E-state index contributed by atoms with van der Waals surface area (Å²) in [5.41, 5.74) is 1.06. The highest BCUT2D eigenvalue weighted by Crippen LogP contribution is 2.21. The minimum absolute atomic E-state index is 0.00421. The van der Waals surface area contributed by atoms with E-state index in [1.165, 1.54) is 0 Å². The van der Waals surface area contributed by atoms with Crippen molar-refractivity contribution in [2.75, 3.05) is 11.5 Å². The monoisotopic (exact) mass is 333 g/mol. The molecule has 1 aromatic carbocycles. The molecule has 1 fully saturated rings. The second-order valence-corrected chi connectivity index (χ2v) is 7.76. The van der Waals surface area contributed by atoms with Crippen molar-refractivity contribution in [2.24, 2.45) is 0 Å². The average Bonchev–Trinajstić information content (AvgIpc) is 2.51. The fraction of sp³-hybridized carbons (Fsp3) is 0.500. The highest BCUT2D eigenvalue weighted by atomic mass is 79.9. The number of benzene rings is 1. The van der Waals surface area contributed by atoms with Gasteiger partial charge in [-0.25, -0.2) is 8.42 Å². The Labute approximate surface area is 115 Å². The molecule has 2 N–H and O–H groups in total. The van der Waals surface area contributed by atoms with Gasteiger partial charge in [-0.1, -0.05) is 28.1 Å². The first-order valence-corrected chi connectivity index (χ1v) is 8.39. The molecule has 1 saturated heterocycles. The second kappa shape index (κ2) is 5.28. The minimum atomic E-state index is -3.10. The van der Waals surface area contributed by atoms with Crippen molar-refractivity contribution in [3.8, 4) is 0 Å². The van der Waals surface area contributed by atoms with Gasteiger partial charge in [0.1, 0.15) is 0 Å². The van der Waals surface area contributed by atoms with Crippen molar-refractivity contribution in [3.05, 3.63) is 34.3 Å². The third-order valence-corrected chi connectivity index (χ3v) is 5.35. The fourth-order valence-corrected chi connectivity index (χ4v) is 4.35. The third kappa shape index (κ3) is 3.32. The quantitative estimate of drug-likeness (QED) is 0.873. The summed E-state index contributed by atoms with van der Waals surface area (Å²) in [6.45, 7) is 1.96. The zero-order chi connectivity index (χ0) is 13.3. The summed E-state index contributed by atoms with van der Waals surface area (Å²) in [6.07, 6.45) is -0.815. The van der Waals surface area contributed by atoms with Crippen LogP contribution in [0.1, 0.15) is 18.5 Å². The van der Waals surface area contributed by atoms with E-state index < -0.39 is 15.9 Å². The summed E-state index contributed by atoms with van der Waals surface area (Å²) in [6, 6.07) is 7.43. The number of rotatable bonds is 3. The van der Waals surface area contributed by atoms with Crippen LogP contribution in [0.5, 0.6) is 0 Å². The molecule has 2 rings (SSSR count). The minimum Gasteiger partial charge on any atom is -0.390 e. The van der Waals surface area contributed by atoms with Crippen molar-refractivity contribution < 1.29 is 13.5 Å². The zero-order valence-electron chi connectivity index (χ0n) is 10.0. The van der Waals surface area contributed by atoms with Crippen molar-refractivity contribution in [3.63, 3.8) is 0 Å². The van der Waals surface area contributed by atoms with Crippen LogP contribution in [0.15, 0.2) is 28.7 Å². The van der Waals surface area contributed by atoms with Gasteiger partial charge >= 0.3 is 0 Å². The summed E-state index contributed by atoms with van der Waals surface area (Å²) >= 11 is 3.40. The molecular formula is C12H16BrNO3S. The van der Waals surface area contributed by atoms with E-state index in [4.69, 9.17) is 0 Å². The smallest absolute Gasteiger partial charge is 0.154 e. The van der Waals surface area contributed by atoms with Crippen LogP contribution in [0, 0.1) is 0 Å². The van der Waals surface area contributed by atoms with Gasteiger partial charge in [0.2, 0.25) is 0 Å². The Morgan fingerprint density at radius 2 is 2.17 bits per heavy atom. The Kier molecular flexibility index (Phi) is 4.11. The molecule has 3 unspecified atom stereocenters. The molecule has 0 aromatic heterocycles. The SMILES string of the molecule is CC(NC1CS(=O)(=O)CC1O)c1cccc(Br)c1. The average molecular weight is 334 g/mol. The molecule has 0 amide bonds. The molecule has 18 heavy (non-hydrogen) atoms. The van der Waals surface area contributed by atoms with E-state index in [-0.39, 0.29) is 23.6 Å². The molecule has 1 aliphatic rings. The van der Waals surface area contributed by atoms with Crippen molar-refractivity contribution in [1.29, 1.82) is 0 Å². The molecule has 1 aromatic rings. The lowest BCUT2D eigenvalue weighted by molar-refractivity contribution is 0.160. The van der Waals surface area contributed by atoms with E-state index in [0.717, 1.165) is 10.0 Å². The number of hydrogen-bond donors (Lipinski definition) is 2. The molecule has 3 atom stereocenters. The van der Waals surface area contributed by atoms with Gasteiger partial charge in [-0.3, -0.25) is 0 Å². The Morgan fingerprint density at radius 3 is 2.72 bits per heavy atom. The van der Waals surface area contributed by atoms with E-state index >= 15 is 0 Å². The first kappa shape index (κ1) is 14.0. The van der Waals surface area contributed by atoms with E-state index in [0.29, 0.717) is 0 Å². The molecule has 4 nitrogen and oxygen atoms in total. The fourth-order valence-electron chi connectivity index (χ4n) is 2.18. The predicted molar refractivity (Wildman–Crippen MR) is 74.1 cm³/mol.